The molecule has 2 aromatic rings. The summed E-state index contributed by atoms with van der Waals surface area (Å²) in [6, 6.07) is 23.5. The molecule has 0 N–H and O–H groups in total. The van der Waals surface area contributed by atoms with E-state index in [1.807, 2.05) is 0 Å². The van der Waals surface area contributed by atoms with Gasteiger partial charge in [-0.2, -0.15) is 0 Å². The van der Waals surface area contributed by atoms with Gasteiger partial charge in [-0.1, -0.05) is 73.5 Å². The molecular formula is C28H37NO. The molecule has 2 nitrogen and oxygen atoms in total. The second kappa shape index (κ2) is 9.66. The normalized spacial score (nSPS) is 28.1. The molecule has 2 aliphatic heterocycles. The molecule has 2 unspecified atom stereocenters. The zero-order valence-corrected chi connectivity index (χ0v) is 18.3. The highest BCUT2D eigenvalue weighted by atomic mass is 16.5. The van der Waals surface area contributed by atoms with Crippen molar-refractivity contribution < 1.29 is 4.74 Å². The lowest BCUT2D eigenvalue weighted by Gasteiger charge is -2.41. The number of rotatable bonds is 8. The van der Waals surface area contributed by atoms with Gasteiger partial charge in [0.1, 0.15) is 0 Å². The second-order valence-corrected chi connectivity index (χ2v) is 9.82. The van der Waals surface area contributed by atoms with E-state index >= 15 is 0 Å². The Balaban J connectivity index is 1.18. The number of aryl methyl sites for hydroxylation is 1. The molecule has 3 aliphatic rings. The van der Waals surface area contributed by atoms with Crippen LogP contribution in [0.5, 0.6) is 0 Å². The largest absolute Gasteiger partial charge is 0.370 e. The van der Waals surface area contributed by atoms with Crippen LogP contribution in [-0.2, 0) is 11.2 Å². The number of piperidine rings is 1. The molecule has 1 aliphatic carbocycles. The minimum absolute atomic E-state index is 0.308. The van der Waals surface area contributed by atoms with E-state index in [0.717, 1.165) is 12.1 Å². The van der Waals surface area contributed by atoms with E-state index in [4.69, 9.17) is 4.74 Å². The fourth-order valence-corrected chi connectivity index (χ4v) is 6.38. The van der Waals surface area contributed by atoms with Crippen molar-refractivity contribution in [1.82, 2.24) is 4.90 Å². The lowest BCUT2D eigenvalue weighted by Crippen LogP contribution is -2.46. The maximum Gasteiger partial charge on any atom is 0.0856 e. The highest BCUT2D eigenvalue weighted by Gasteiger charge is 2.42. The summed E-state index contributed by atoms with van der Waals surface area (Å²) < 4.78 is 6.94. The molecule has 1 saturated carbocycles. The first-order valence-corrected chi connectivity index (χ1v) is 12.4. The van der Waals surface area contributed by atoms with Crippen molar-refractivity contribution in [3.63, 3.8) is 0 Å². The van der Waals surface area contributed by atoms with Gasteiger partial charge in [0.25, 0.3) is 0 Å². The van der Waals surface area contributed by atoms with E-state index in [2.05, 4.69) is 65.6 Å². The number of hydrogen-bond donors (Lipinski definition) is 0. The summed E-state index contributed by atoms with van der Waals surface area (Å²) in [5.41, 5.74) is 2.88. The van der Waals surface area contributed by atoms with Crippen LogP contribution in [0.4, 0.5) is 0 Å². The lowest BCUT2D eigenvalue weighted by molar-refractivity contribution is -0.0830. The first-order chi connectivity index (χ1) is 14.9. The van der Waals surface area contributed by atoms with Gasteiger partial charge in [0.2, 0.25) is 0 Å². The molecule has 0 spiro atoms. The van der Waals surface area contributed by atoms with Crippen molar-refractivity contribution in [2.45, 2.75) is 88.5 Å². The zero-order valence-electron chi connectivity index (χ0n) is 18.3. The summed E-state index contributed by atoms with van der Waals surface area (Å²) in [6.07, 6.45) is 13.9. The topological polar surface area (TPSA) is 12.5 Å². The Morgan fingerprint density at radius 1 is 0.800 bits per heavy atom. The van der Waals surface area contributed by atoms with Crippen LogP contribution in [0.1, 0.15) is 75.0 Å². The van der Waals surface area contributed by atoms with Crippen LogP contribution in [0.2, 0.25) is 0 Å². The molecule has 160 valence electrons. The van der Waals surface area contributed by atoms with E-state index in [1.165, 1.54) is 81.9 Å². The van der Waals surface area contributed by atoms with Gasteiger partial charge in [-0.3, -0.25) is 4.90 Å². The van der Waals surface area contributed by atoms with Crippen LogP contribution < -0.4 is 0 Å². The van der Waals surface area contributed by atoms with Crippen molar-refractivity contribution in [2.75, 3.05) is 6.54 Å². The summed E-state index contributed by atoms with van der Waals surface area (Å²) in [4.78, 5) is 2.83. The monoisotopic (exact) mass is 403 g/mol. The number of benzene rings is 2. The molecule has 0 radical (unpaired) electrons. The highest BCUT2D eigenvalue weighted by molar-refractivity contribution is 5.19. The first kappa shape index (κ1) is 20.3. The Bertz CT molecular complexity index is 756. The van der Waals surface area contributed by atoms with Gasteiger partial charge in [0.15, 0.2) is 0 Å². The Labute approximate surface area is 182 Å². The third-order valence-corrected chi connectivity index (χ3v) is 7.86. The Kier molecular flexibility index (Phi) is 6.53. The predicted molar refractivity (Wildman–Crippen MR) is 124 cm³/mol. The SMILES string of the molecule is c1ccc(CCCN2[C@@H]3CC[C@H]2CC(OC(c2ccccc2)C2CCCC2)C3)cc1. The summed E-state index contributed by atoms with van der Waals surface area (Å²) in [5.74, 6) is 0.717. The molecule has 3 fully saturated rings. The van der Waals surface area contributed by atoms with Crippen molar-refractivity contribution in [2.24, 2.45) is 5.92 Å². The highest BCUT2D eigenvalue weighted by Crippen LogP contribution is 2.43. The van der Waals surface area contributed by atoms with Gasteiger partial charge in [0.05, 0.1) is 12.2 Å². The van der Waals surface area contributed by atoms with Gasteiger partial charge in [-0.05, 0) is 75.0 Å². The molecule has 0 amide bonds. The van der Waals surface area contributed by atoms with Gasteiger partial charge in [0, 0.05) is 12.1 Å². The maximum atomic E-state index is 6.94. The van der Waals surface area contributed by atoms with Crippen LogP contribution in [0, 0.1) is 5.92 Å². The van der Waals surface area contributed by atoms with Crippen molar-refractivity contribution in [3.8, 4) is 0 Å². The standard InChI is InChI=1S/C28H37NO/c1-3-10-22(11-4-1)12-9-19-29-25-17-18-26(29)21-27(20-25)30-28(24-15-7-8-16-24)23-13-5-2-6-14-23/h1-6,10-11,13-14,24-28H,7-9,12,15-21H2/t25-,26+,27?,28?. The van der Waals surface area contributed by atoms with Crippen LogP contribution in [0.15, 0.2) is 60.7 Å². The Morgan fingerprint density at radius 2 is 1.43 bits per heavy atom. The number of ether oxygens (including phenoxy) is 1. The molecule has 0 aromatic heterocycles. The molecule has 2 bridgehead atoms. The van der Waals surface area contributed by atoms with Gasteiger partial charge in [-0.25, -0.2) is 0 Å². The van der Waals surface area contributed by atoms with E-state index in [0.29, 0.717) is 18.1 Å². The van der Waals surface area contributed by atoms with Crippen LogP contribution >= 0.6 is 0 Å². The zero-order chi connectivity index (χ0) is 20.2. The lowest BCUT2D eigenvalue weighted by atomic mass is 9.92. The second-order valence-electron chi connectivity index (χ2n) is 9.82. The minimum atomic E-state index is 0.308. The smallest absolute Gasteiger partial charge is 0.0856 e. The van der Waals surface area contributed by atoms with Gasteiger partial charge < -0.3 is 4.74 Å². The van der Waals surface area contributed by atoms with Gasteiger partial charge in [-0.15, -0.1) is 0 Å². The number of fused-ring (bicyclic) bond motifs is 2. The Hall–Kier alpha value is -1.64. The van der Waals surface area contributed by atoms with E-state index in [-0.39, 0.29) is 0 Å². The van der Waals surface area contributed by atoms with E-state index in [9.17, 15) is 0 Å². The van der Waals surface area contributed by atoms with Crippen molar-refractivity contribution in [1.29, 1.82) is 0 Å². The fourth-order valence-electron chi connectivity index (χ4n) is 6.38. The van der Waals surface area contributed by atoms with Crippen LogP contribution in [-0.4, -0.2) is 29.6 Å². The summed E-state index contributed by atoms with van der Waals surface area (Å²) >= 11 is 0. The number of hydrogen-bond acceptors (Lipinski definition) is 2. The quantitative estimate of drug-likeness (QED) is 0.495. The third kappa shape index (κ3) is 4.65. The third-order valence-electron chi connectivity index (χ3n) is 7.86. The average molecular weight is 404 g/mol. The first-order valence-electron chi connectivity index (χ1n) is 12.4. The van der Waals surface area contributed by atoms with Crippen LogP contribution in [0.3, 0.4) is 0 Å². The van der Waals surface area contributed by atoms with E-state index in [1.54, 1.807) is 0 Å². The molecule has 2 heteroatoms. The van der Waals surface area contributed by atoms with Gasteiger partial charge >= 0.3 is 0 Å². The average Bonchev–Trinajstić information content (AvgIpc) is 3.40. The maximum absolute atomic E-state index is 6.94. The summed E-state index contributed by atoms with van der Waals surface area (Å²) in [6.45, 7) is 1.25. The van der Waals surface area contributed by atoms with Crippen LogP contribution in [0.25, 0.3) is 0 Å². The molecular weight excluding hydrogens is 366 g/mol. The number of nitrogens with zero attached hydrogens (tertiary/aromatic N) is 1. The van der Waals surface area contributed by atoms with E-state index < -0.39 is 0 Å². The molecule has 2 heterocycles. The minimum Gasteiger partial charge on any atom is -0.370 e. The van der Waals surface area contributed by atoms with Crippen molar-refractivity contribution >= 4 is 0 Å². The Morgan fingerprint density at radius 3 is 2.10 bits per heavy atom. The molecule has 2 saturated heterocycles. The fraction of sp³-hybridized carbons (Fsp3) is 0.571. The van der Waals surface area contributed by atoms with Crippen molar-refractivity contribution in [3.05, 3.63) is 71.8 Å². The summed E-state index contributed by atoms with van der Waals surface area (Å²) in [5, 5.41) is 0. The molecule has 2 aromatic carbocycles. The summed E-state index contributed by atoms with van der Waals surface area (Å²) in [7, 11) is 0. The predicted octanol–water partition coefficient (Wildman–Crippen LogP) is 6.56. The molecule has 4 atom stereocenters. The molecule has 30 heavy (non-hydrogen) atoms. The molecule has 5 rings (SSSR count).